The number of aryl methyl sites for hydroxylation is 2. The summed E-state index contributed by atoms with van der Waals surface area (Å²) >= 11 is 0. The highest BCUT2D eigenvalue weighted by atomic mass is 19.4. The van der Waals surface area contributed by atoms with Gasteiger partial charge in [-0.3, -0.25) is 4.79 Å². The summed E-state index contributed by atoms with van der Waals surface area (Å²) in [6.45, 7) is 6.95. The van der Waals surface area contributed by atoms with Gasteiger partial charge in [-0.25, -0.2) is 14.3 Å². The predicted molar refractivity (Wildman–Crippen MR) is 105 cm³/mol. The molecule has 0 aromatic carbocycles. The number of amides is 1. The lowest BCUT2D eigenvalue weighted by atomic mass is 10.1. The summed E-state index contributed by atoms with van der Waals surface area (Å²) in [5, 5.41) is 11.3. The number of carbonyl (C=O) groups excluding carboxylic acids is 1. The lowest BCUT2D eigenvalue weighted by Crippen LogP contribution is -2.22. The summed E-state index contributed by atoms with van der Waals surface area (Å²) < 4.78 is 44.0. The lowest BCUT2D eigenvalue weighted by molar-refractivity contribution is -0.136. The van der Waals surface area contributed by atoms with Crippen LogP contribution in [0.15, 0.2) is 12.1 Å². The zero-order valence-corrected chi connectivity index (χ0v) is 17.2. The molecular weight excluding hydrogens is 397 g/mol. The SMILES string of the molecule is Cc1cc(NC(=O)Cn2nc(C)c3c(C(F)(F)F)cc(C4CC4)nc32)n(C(C)C)n1. The molecule has 3 aromatic heterocycles. The quantitative estimate of drug-likeness (QED) is 0.665. The van der Waals surface area contributed by atoms with E-state index >= 15 is 0 Å². The van der Waals surface area contributed by atoms with E-state index in [0.717, 1.165) is 24.6 Å². The second-order valence-corrected chi connectivity index (χ2v) is 8.07. The maximum absolute atomic E-state index is 13.7. The van der Waals surface area contributed by atoms with Crippen LogP contribution in [0.25, 0.3) is 11.0 Å². The van der Waals surface area contributed by atoms with E-state index < -0.39 is 17.6 Å². The van der Waals surface area contributed by atoms with Gasteiger partial charge >= 0.3 is 6.18 Å². The Hall–Kier alpha value is -2.91. The largest absolute Gasteiger partial charge is 0.417 e. The van der Waals surface area contributed by atoms with Gasteiger partial charge in [0.2, 0.25) is 5.91 Å². The Bertz CT molecular complexity index is 1120. The van der Waals surface area contributed by atoms with E-state index in [2.05, 4.69) is 20.5 Å². The minimum absolute atomic E-state index is 0.0383. The van der Waals surface area contributed by atoms with Gasteiger partial charge in [-0.05, 0) is 46.6 Å². The van der Waals surface area contributed by atoms with Gasteiger partial charge in [0.1, 0.15) is 12.4 Å². The van der Waals surface area contributed by atoms with Crippen molar-refractivity contribution in [1.29, 1.82) is 0 Å². The van der Waals surface area contributed by atoms with Crippen molar-refractivity contribution >= 4 is 22.8 Å². The topological polar surface area (TPSA) is 77.6 Å². The van der Waals surface area contributed by atoms with E-state index in [9.17, 15) is 18.0 Å². The number of halogens is 3. The number of carbonyl (C=O) groups is 1. The summed E-state index contributed by atoms with van der Waals surface area (Å²) in [6.07, 6.45) is -2.88. The van der Waals surface area contributed by atoms with Gasteiger partial charge in [-0.1, -0.05) is 0 Å². The first-order chi connectivity index (χ1) is 14.0. The second-order valence-electron chi connectivity index (χ2n) is 8.07. The first-order valence-electron chi connectivity index (χ1n) is 9.86. The Balaban J connectivity index is 1.69. The number of rotatable bonds is 5. The Kier molecular flexibility index (Phi) is 4.82. The lowest BCUT2D eigenvalue weighted by Gasteiger charge is -2.12. The fourth-order valence-corrected chi connectivity index (χ4v) is 3.62. The van der Waals surface area contributed by atoms with Crippen LogP contribution in [0.4, 0.5) is 19.0 Å². The maximum Gasteiger partial charge on any atom is 0.417 e. The van der Waals surface area contributed by atoms with Crippen molar-refractivity contribution in [2.75, 3.05) is 5.32 Å². The zero-order valence-electron chi connectivity index (χ0n) is 17.2. The highest BCUT2D eigenvalue weighted by molar-refractivity contribution is 5.91. The van der Waals surface area contributed by atoms with E-state index in [0.29, 0.717) is 11.5 Å². The first kappa shape index (κ1) is 20.4. The van der Waals surface area contributed by atoms with Crippen LogP contribution in [-0.2, 0) is 17.5 Å². The standard InChI is InChI=1S/C20H23F3N6O/c1-10(2)29-16(7-11(3)26-29)25-17(30)9-28-19-18(12(4)27-28)14(20(21,22)23)8-15(24-19)13-5-6-13/h7-8,10,13H,5-6,9H2,1-4H3,(H,25,30). The van der Waals surface area contributed by atoms with E-state index in [1.807, 2.05) is 20.8 Å². The smallest absolute Gasteiger partial charge is 0.309 e. The third-order valence-electron chi connectivity index (χ3n) is 5.11. The van der Waals surface area contributed by atoms with Crippen molar-refractivity contribution in [1.82, 2.24) is 24.5 Å². The Morgan fingerprint density at radius 1 is 1.23 bits per heavy atom. The van der Waals surface area contributed by atoms with Crippen LogP contribution in [-0.4, -0.2) is 30.5 Å². The molecule has 0 unspecified atom stereocenters. The molecule has 1 N–H and O–H groups in total. The monoisotopic (exact) mass is 420 g/mol. The van der Waals surface area contributed by atoms with Gasteiger partial charge in [0.25, 0.3) is 0 Å². The van der Waals surface area contributed by atoms with Gasteiger partial charge in [0, 0.05) is 23.7 Å². The van der Waals surface area contributed by atoms with Crippen LogP contribution >= 0.6 is 0 Å². The van der Waals surface area contributed by atoms with Crippen LogP contribution in [0.1, 0.15) is 61.3 Å². The Morgan fingerprint density at radius 2 is 1.93 bits per heavy atom. The predicted octanol–water partition coefficient (Wildman–Crippen LogP) is 4.36. The Labute approximate surface area is 171 Å². The first-order valence-corrected chi connectivity index (χ1v) is 9.86. The number of nitrogens with one attached hydrogen (secondary N) is 1. The molecule has 1 aliphatic carbocycles. The number of anilines is 1. The summed E-state index contributed by atoms with van der Waals surface area (Å²) in [4.78, 5) is 17.1. The molecule has 3 heterocycles. The van der Waals surface area contributed by atoms with Crippen molar-refractivity contribution in [3.05, 3.63) is 34.8 Å². The van der Waals surface area contributed by atoms with E-state index in [1.54, 1.807) is 10.7 Å². The third-order valence-corrected chi connectivity index (χ3v) is 5.11. The number of nitrogens with zero attached hydrogens (tertiary/aromatic N) is 5. The molecule has 0 atom stereocenters. The molecule has 0 saturated heterocycles. The van der Waals surface area contributed by atoms with Gasteiger partial charge in [0.05, 0.1) is 22.3 Å². The minimum atomic E-state index is -4.52. The molecule has 1 aliphatic rings. The molecule has 3 aromatic rings. The number of fused-ring (bicyclic) bond motifs is 1. The van der Waals surface area contributed by atoms with Crippen LogP contribution < -0.4 is 5.32 Å². The molecule has 1 fully saturated rings. The highest BCUT2D eigenvalue weighted by Crippen LogP contribution is 2.43. The normalized spacial score (nSPS) is 14.7. The number of aromatic nitrogens is 5. The second kappa shape index (κ2) is 7.10. The molecule has 0 bridgehead atoms. The van der Waals surface area contributed by atoms with Crippen molar-refractivity contribution in [3.8, 4) is 0 Å². The number of alkyl halides is 3. The van der Waals surface area contributed by atoms with Crippen LogP contribution in [0, 0.1) is 13.8 Å². The van der Waals surface area contributed by atoms with Crippen LogP contribution in [0.2, 0.25) is 0 Å². The van der Waals surface area contributed by atoms with Crippen molar-refractivity contribution < 1.29 is 18.0 Å². The van der Waals surface area contributed by atoms with Gasteiger partial charge in [0.15, 0.2) is 5.65 Å². The molecule has 1 amide bonds. The van der Waals surface area contributed by atoms with E-state index in [4.69, 9.17) is 0 Å². The summed E-state index contributed by atoms with van der Waals surface area (Å²) in [6, 6.07) is 2.91. The average Bonchev–Trinajstić information content (AvgIpc) is 3.36. The average molecular weight is 420 g/mol. The minimum Gasteiger partial charge on any atom is -0.309 e. The molecule has 0 aliphatic heterocycles. The molecule has 0 radical (unpaired) electrons. The fraction of sp³-hybridized carbons (Fsp3) is 0.500. The third kappa shape index (κ3) is 3.78. The van der Waals surface area contributed by atoms with Gasteiger partial charge < -0.3 is 5.32 Å². The molecule has 4 rings (SSSR count). The summed E-state index contributed by atoms with van der Waals surface area (Å²) in [5.74, 6) is 0.160. The molecular formula is C20H23F3N6O. The molecule has 0 spiro atoms. The Morgan fingerprint density at radius 3 is 2.53 bits per heavy atom. The molecule has 160 valence electrons. The number of hydrogen-bond donors (Lipinski definition) is 1. The summed E-state index contributed by atoms with van der Waals surface area (Å²) in [7, 11) is 0. The molecule has 30 heavy (non-hydrogen) atoms. The molecule has 1 saturated carbocycles. The van der Waals surface area contributed by atoms with Crippen LogP contribution in [0.3, 0.4) is 0 Å². The van der Waals surface area contributed by atoms with Crippen molar-refractivity contribution in [2.45, 2.75) is 65.2 Å². The highest BCUT2D eigenvalue weighted by Gasteiger charge is 2.37. The van der Waals surface area contributed by atoms with Crippen molar-refractivity contribution in [2.24, 2.45) is 0 Å². The summed E-state index contributed by atoms with van der Waals surface area (Å²) in [5.41, 5.74) is 0.706. The van der Waals surface area contributed by atoms with E-state index in [-0.39, 0.29) is 35.2 Å². The fourth-order valence-electron chi connectivity index (χ4n) is 3.62. The zero-order chi connectivity index (χ0) is 21.8. The van der Waals surface area contributed by atoms with E-state index in [1.165, 1.54) is 11.6 Å². The van der Waals surface area contributed by atoms with Crippen molar-refractivity contribution in [3.63, 3.8) is 0 Å². The maximum atomic E-state index is 13.7. The molecule has 10 heteroatoms. The number of pyridine rings is 1. The van der Waals surface area contributed by atoms with Gasteiger partial charge in [-0.15, -0.1) is 0 Å². The number of hydrogen-bond acceptors (Lipinski definition) is 4. The van der Waals surface area contributed by atoms with Crippen LogP contribution in [0.5, 0.6) is 0 Å². The van der Waals surface area contributed by atoms with Gasteiger partial charge in [-0.2, -0.15) is 23.4 Å². The molecule has 7 nitrogen and oxygen atoms in total.